The Hall–Kier alpha value is -1.14. The summed E-state index contributed by atoms with van der Waals surface area (Å²) in [6.45, 7) is 6.40. The molecule has 2 rings (SSSR count). The van der Waals surface area contributed by atoms with Crippen molar-refractivity contribution in [3.63, 3.8) is 0 Å². The van der Waals surface area contributed by atoms with E-state index in [0.29, 0.717) is 13.1 Å². The fraction of sp³-hybridized carbons (Fsp3) is 0.588. The second-order valence-corrected chi connectivity index (χ2v) is 6.36. The first kappa shape index (κ1) is 18.2. The molecule has 128 valence electrons. The van der Waals surface area contributed by atoms with E-state index in [9.17, 15) is 4.79 Å². The van der Waals surface area contributed by atoms with Crippen LogP contribution in [0.5, 0.6) is 0 Å². The van der Waals surface area contributed by atoms with Crippen LogP contribution in [0.25, 0.3) is 0 Å². The standard InChI is InChI=1S/C17H26ClN3O2/c1-13(11-19-2)17(22)20-12-16(21-7-9-23-10-8-21)14-3-5-15(18)6-4-14/h3-6,13,16,19H,7-12H2,1-2H3,(H,20,22). The molecule has 0 aromatic heterocycles. The fourth-order valence-corrected chi connectivity index (χ4v) is 2.93. The minimum Gasteiger partial charge on any atom is -0.379 e. The Morgan fingerprint density at radius 1 is 1.26 bits per heavy atom. The predicted octanol–water partition coefficient (Wildman–Crippen LogP) is 1.68. The largest absolute Gasteiger partial charge is 0.379 e. The zero-order valence-electron chi connectivity index (χ0n) is 13.8. The van der Waals surface area contributed by atoms with Crippen LogP contribution >= 0.6 is 11.6 Å². The monoisotopic (exact) mass is 339 g/mol. The van der Waals surface area contributed by atoms with Gasteiger partial charge in [0.05, 0.1) is 19.3 Å². The molecule has 1 heterocycles. The Kier molecular flexibility index (Phi) is 7.30. The minimum absolute atomic E-state index is 0.0458. The molecule has 2 atom stereocenters. The third kappa shape index (κ3) is 5.46. The van der Waals surface area contributed by atoms with Gasteiger partial charge in [-0.1, -0.05) is 30.7 Å². The highest BCUT2D eigenvalue weighted by Crippen LogP contribution is 2.23. The quantitative estimate of drug-likeness (QED) is 0.793. The molecule has 2 unspecified atom stereocenters. The molecule has 1 aromatic rings. The molecule has 1 amide bonds. The third-order valence-corrected chi connectivity index (χ3v) is 4.42. The zero-order chi connectivity index (χ0) is 16.7. The van der Waals surface area contributed by atoms with Crippen LogP contribution in [-0.2, 0) is 9.53 Å². The van der Waals surface area contributed by atoms with Gasteiger partial charge in [0, 0.05) is 37.1 Å². The molecule has 5 nitrogen and oxygen atoms in total. The Morgan fingerprint density at radius 2 is 1.91 bits per heavy atom. The van der Waals surface area contributed by atoms with Crippen molar-refractivity contribution in [1.29, 1.82) is 0 Å². The smallest absolute Gasteiger partial charge is 0.224 e. The fourth-order valence-electron chi connectivity index (χ4n) is 2.80. The van der Waals surface area contributed by atoms with Gasteiger partial charge in [-0.05, 0) is 24.7 Å². The van der Waals surface area contributed by atoms with E-state index in [1.165, 1.54) is 0 Å². The Morgan fingerprint density at radius 3 is 2.52 bits per heavy atom. The van der Waals surface area contributed by atoms with E-state index < -0.39 is 0 Å². The number of rotatable bonds is 7. The Balaban J connectivity index is 2.04. The second kappa shape index (κ2) is 9.23. The number of ether oxygens (including phenoxy) is 1. The molecule has 1 saturated heterocycles. The number of hydrogen-bond acceptors (Lipinski definition) is 4. The van der Waals surface area contributed by atoms with Crippen LogP contribution in [-0.4, -0.2) is 57.2 Å². The molecule has 1 aliphatic heterocycles. The molecular formula is C17H26ClN3O2. The number of amides is 1. The molecule has 6 heteroatoms. The molecule has 1 aliphatic rings. The summed E-state index contributed by atoms with van der Waals surface area (Å²) in [5.41, 5.74) is 1.16. The van der Waals surface area contributed by atoms with E-state index in [-0.39, 0.29) is 17.9 Å². The van der Waals surface area contributed by atoms with Crippen LogP contribution in [0.1, 0.15) is 18.5 Å². The minimum atomic E-state index is -0.0458. The summed E-state index contributed by atoms with van der Waals surface area (Å²) in [6.07, 6.45) is 0. The number of carbonyl (C=O) groups excluding carboxylic acids is 1. The lowest BCUT2D eigenvalue weighted by atomic mass is 10.0. The molecule has 1 fully saturated rings. The third-order valence-electron chi connectivity index (χ3n) is 4.17. The van der Waals surface area contributed by atoms with Crippen LogP contribution < -0.4 is 10.6 Å². The van der Waals surface area contributed by atoms with Crippen molar-refractivity contribution < 1.29 is 9.53 Å². The maximum atomic E-state index is 12.2. The predicted molar refractivity (Wildman–Crippen MR) is 92.7 cm³/mol. The van der Waals surface area contributed by atoms with Gasteiger partial charge < -0.3 is 15.4 Å². The average molecular weight is 340 g/mol. The number of hydrogen-bond donors (Lipinski definition) is 2. The SMILES string of the molecule is CNCC(C)C(=O)NCC(c1ccc(Cl)cc1)N1CCOCC1. The van der Waals surface area contributed by atoms with Gasteiger partial charge in [0.2, 0.25) is 5.91 Å². The first-order valence-corrected chi connectivity index (χ1v) is 8.49. The number of nitrogens with one attached hydrogen (secondary N) is 2. The van der Waals surface area contributed by atoms with Gasteiger partial charge in [0.1, 0.15) is 0 Å². The molecule has 0 radical (unpaired) electrons. The summed E-state index contributed by atoms with van der Waals surface area (Å²) >= 11 is 6.00. The maximum absolute atomic E-state index is 12.2. The lowest BCUT2D eigenvalue weighted by Crippen LogP contribution is -2.45. The van der Waals surface area contributed by atoms with Crippen molar-refractivity contribution in [1.82, 2.24) is 15.5 Å². The summed E-state index contributed by atoms with van der Waals surface area (Å²) in [5.74, 6) is 0.0297. The van der Waals surface area contributed by atoms with Gasteiger partial charge in [0.15, 0.2) is 0 Å². The summed E-state index contributed by atoms with van der Waals surface area (Å²) in [5, 5.41) is 6.84. The van der Waals surface area contributed by atoms with Crippen molar-refractivity contribution in [2.75, 3.05) is 46.4 Å². The van der Waals surface area contributed by atoms with Crippen molar-refractivity contribution in [3.05, 3.63) is 34.9 Å². The van der Waals surface area contributed by atoms with Crippen LogP contribution in [0, 0.1) is 5.92 Å². The molecule has 0 bridgehead atoms. The van der Waals surface area contributed by atoms with Gasteiger partial charge in [0.25, 0.3) is 0 Å². The van der Waals surface area contributed by atoms with Gasteiger partial charge in [-0.3, -0.25) is 9.69 Å². The topological polar surface area (TPSA) is 53.6 Å². The number of nitrogens with zero attached hydrogens (tertiary/aromatic N) is 1. The molecule has 23 heavy (non-hydrogen) atoms. The Labute approximate surface area is 143 Å². The first-order chi connectivity index (χ1) is 11.1. The highest BCUT2D eigenvalue weighted by molar-refractivity contribution is 6.30. The zero-order valence-corrected chi connectivity index (χ0v) is 14.6. The van der Waals surface area contributed by atoms with E-state index >= 15 is 0 Å². The van der Waals surface area contributed by atoms with Crippen LogP contribution in [0.15, 0.2) is 24.3 Å². The molecule has 0 aliphatic carbocycles. The van der Waals surface area contributed by atoms with E-state index in [1.54, 1.807) is 0 Å². The molecule has 1 aromatic carbocycles. The number of morpholine rings is 1. The Bertz CT molecular complexity index is 489. The molecule has 2 N–H and O–H groups in total. The van der Waals surface area contributed by atoms with Crippen LogP contribution in [0.2, 0.25) is 5.02 Å². The molecule has 0 saturated carbocycles. The summed E-state index contributed by atoms with van der Waals surface area (Å²) in [7, 11) is 1.86. The highest BCUT2D eigenvalue weighted by Gasteiger charge is 2.24. The van der Waals surface area contributed by atoms with Crippen molar-refractivity contribution in [3.8, 4) is 0 Å². The van der Waals surface area contributed by atoms with Crippen molar-refractivity contribution >= 4 is 17.5 Å². The van der Waals surface area contributed by atoms with E-state index in [0.717, 1.165) is 36.9 Å². The summed E-state index contributed by atoms with van der Waals surface area (Å²) in [4.78, 5) is 14.5. The summed E-state index contributed by atoms with van der Waals surface area (Å²) < 4.78 is 5.44. The van der Waals surface area contributed by atoms with E-state index in [2.05, 4.69) is 15.5 Å². The molecular weight excluding hydrogens is 314 g/mol. The van der Waals surface area contributed by atoms with Gasteiger partial charge >= 0.3 is 0 Å². The number of benzene rings is 1. The van der Waals surface area contributed by atoms with Gasteiger partial charge in [-0.25, -0.2) is 0 Å². The normalized spacial score (nSPS) is 18.4. The van der Waals surface area contributed by atoms with E-state index in [1.807, 2.05) is 38.2 Å². The second-order valence-electron chi connectivity index (χ2n) is 5.92. The van der Waals surface area contributed by atoms with E-state index in [4.69, 9.17) is 16.3 Å². The maximum Gasteiger partial charge on any atom is 0.224 e. The van der Waals surface area contributed by atoms with Gasteiger partial charge in [-0.15, -0.1) is 0 Å². The molecule has 0 spiro atoms. The number of carbonyl (C=O) groups is 1. The first-order valence-electron chi connectivity index (χ1n) is 8.11. The van der Waals surface area contributed by atoms with Crippen LogP contribution in [0.3, 0.4) is 0 Å². The lowest BCUT2D eigenvalue weighted by Gasteiger charge is -2.35. The highest BCUT2D eigenvalue weighted by atomic mass is 35.5. The van der Waals surface area contributed by atoms with Crippen molar-refractivity contribution in [2.24, 2.45) is 5.92 Å². The lowest BCUT2D eigenvalue weighted by molar-refractivity contribution is -0.124. The van der Waals surface area contributed by atoms with Crippen LogP contribution in [0.4, 0.5) is 0 Å². The number of halogens is 1. The van der Waals surface area contributed by atoms with Crippen molar-refractivity contribution in [2.45, 2.75) is 13.0 Å². The summed E-state index contributed by atoms with van der Waals surface area (Å²) in [6, 6.07) is 8.00. The average Bonchev–Trinajstić information content (AvgIpc) is 2.57. The van der Waals surface area contributed by atoms with Gasteiger partial charge in [-0.2, -0.15) is 0 Å².